The summed E-state index contributed by atoms with van der Waals surface area (Å²) in [4.78, 5) is 14.4. The number of hydrogen-bond donors (Lipinski definition) is 1. The van der Waals surface area contributed by atoms with E-state index < -0.39 is 12.0 Å². The average molecular weight is 452 g/mol. The Morgan fingerprint density at radius 2 is 1.62 bits per heavy atom. The Kier molecular flexibility index (Phi) is 6.59. The van der Waals surface area contributed by atoms with E-state index in [1.165, 1.54) is 5.39 Å². The molecule has 1 aliphatic rings. The number of piperidine rings is 1. The van der Waals surface area contributed by atoms with Gasteiger partial charge in [0, 0.05) is 5.56 Å². The molecular formula is C30H29NO3. The number of likely N-dealkylation sites (tertiary alicyclic amines) is 1. The molecule has 2 atom stereocenters. The van der Waals surface area contributed by atoms with Crippen molar-refractivity contribution in [3.05, 3.63) is 114 Å². The predicted molar refractivity (Wildman–Crippen MR) is 135 cm³/mol. The zero-order chi connectivity index (χ0) is 23.3. The van der Waals surface area contributed by atoms with Crippen LogP contribution in [0.5, 0.6) is 5.75 Å². The third kappa shape index (κ3) is 4.68. The van der Waals surface area contributed by atoms with Gasteiger partial charge in [-0.15, -0.1) is 0 Å². The smallest absolute Gasteiger partial charge is 0.320 e. The molecule has 0 radical (unpaired) electrons. The molecule has 1 heterocycles. The van der Waals surface area contributed by atoms with E-state index in [4.69, 9.17) is 4.74 Å². The first-order valence-electron chi connectivity index (χ1n) is 11.9. The molecule has 0 saturated carbocycles. The molecule has 0 amide bonds. The van der Waals surface area contributed by atoms with Gasteiger partial charge in [-0.3, -0.25) is 9.69 Å². The summed E-state index contributed by atoms with van der Waals surface area (Å²) in [6, 6.07) is 32.2. The second-order valence-corrected chi connectivity index (χ2v) is 8.91. The van der Waals surface area contributed by atoms with E-state index in [0.29, 0.717) is 13.0 Å². The summed E-state index contributed by atoms with van der Waals surface area (Å²) < 4.78 is 6.33. The van der Waals surface area contributed by atoms with Crippen molar-refractivity contribution >= 4 is 16.7 Å². The maximum Gasteiger partial charge on any atom is 0.320 e. The fraction of sp³-hybridized carbons (Fsp3) is 0.233. The largest absolute Gasteiger partial charge is 0.489 e. The molecule has 4 aromatic rings. The molecule has 1 aliphatic heterocycles. The number of benzene rings is 4. The number of ether oxygens (including phenoxy) is 1. The minimum atomic E-state index is -0.756. The molecule has 0 aliphatic carbocycles. The maximum atomic E-state index is 12.3. The summed E-state index contributed by atoms with van der Waals surface area (Å²) in [5, 5.41) is 12.4. The number of carbonyl (C=O) groups is 1. The van der Waals surface area contributed by atoms with Crippen molar-refractivity contribution in [3.8, 4) is 5.75 Å². The summed E-state index contributed by atoms with van der Waals surface area (Å²) in [6.07, 6.45) is 2.58. The topological polar surface area (TPSA) is 49.8 Å². The van der Waals surface area contributed by atoms with Crippen LogP contribution >= 0.6 is 0 Å². The van der Waals surface area contributed by atoms with Gasteiger partial charge in [-0.1, -0.05) is 91.3 Å². The highest BCUT2D eigenvalue weighted by Gasteiger charge is 2.36. The van der Waals surface area contributed by atoms with Crippen LogP contribution in [-0.2, 0) is 11.4 Å². The predicted octanol–water partition coefficient (Wildman–Crippen LogP) is 6.45. The van der Waals surface area contributed by atoms with E-state index in [1.54, 1.807) is 0 Å². The second kappa shape index (κ2) is 10.1. The molecule has 34 heavy (non-hydrogen) atoms. The van der Waals surface area contributed by atoms with Crippen molar-refractivity contribution in [2.45, 2.75) is 38.0 Å². The van der Waals surface area contributed by atoms with Crippen molar-refractivity contribution < 1.29 is 14.6 Å². The molecule has 2 unspecified atom stereocenters. The fourth-order valence-electron chi connectivity index (χ4n) is 5.03. The van der Waals surface area contributed by atoms with Crippen molar-refractivity contribution in [1.29, 1.82) is 0 Å². The Balaban J connectivity index is 1.59. The molecule has 0 bridgehead atoms. The molecule has 0 spiro atoms. The highest BCUT2D eigenvalue weighted by Crippen LogP contribution is 2.39. The summed E-state index contributed by atoms with van der Waals surface area (Å²) in [6.45, 7) is 1.20. The summed E-state index contributed by atoms with van der Waals surface area (Å²) in [5.41, 5.74) is 3.19. The van der Waals surface area contributed by atoms with E-state index in [2.05, 4.69) is 53.4 Å². The lowest BCUT2D eigenvalue weighted by Gasteiger charge is -2.40. The van der Waals surface area contributed by atoms with Gasteiger partial charge < -0.3 is 9.84 Å². The first kappa shape index (κ1) is 22.2. The molecule has 1 saturated heterocycles. The molecule has 4 heteroatoms. The number of para-hydroxylation sites is 1. The zero-order valence-electron chi connectivity index (χ0n) is 19.1. The van der Waals surface area contributed by atoms with E-state index in [-0.39, 0.29) is 6.04 Å². The first-order valence-corrected chi connectivity index (χ1v) is 11.9. The second-order valence-electron chi connectivity index (χ2n) is 8.91. The Bertz CT molecular complexity index is 1270. The van der Waals surface area contributed by atoms with Crippen LogP contribution in [0.1, 0.15) is 42.0 Å². The quantitative estimate of drug-likeness (QED) is 0.351. The van der Waals surface area contributed by atoms with Crippen LogP contribution in [0.25, 0.3) is 10.8 Å². The zero-order valence-corrected chi connectivity index (χ0v) is 19.1. The van der Waals surface area contributed by atoms with E-state index in [9.17, 15) is 9.90 Å². The van der Waals surface area contributed by atoms with Crippen molar-refractivity contribution in [3.63, 3.8) is 0 Å². The normalized spacial score (nSPS) is 17.4. The van der Waals surface area contributed by atoms with Crippen LogP contribution in [0.3, 0.4) is 0 Å². The number of rotatable bonds is 7. The number of carboxylic acids is 1. The third-order valence-electron chi connectivity index (χ3n) is 6.70. The van der Waals surface area contributed by atoms with Crippen LogP contribution in [0, 0.1) is 0 Å². The van der Waals surface area contributed by atoms with Gasteiger partial charge in [0.2, 0.25) is 0 Å². The Morgan fingerprint density at radius 1 is 0.882 bits per heavy atom. The number of nitrogens with zero attached hydrogens (tertiary/aromatic N) is 1. The Hall–Kier alpha value is -3.63. The van der Waals surface area contributed by atoms with Gasteiger partial charge in [-0.2, -0.15) is 0 Å². The monoisotopic (exact) mass is 451 g/mol. The molecule has 1 fully saturated rings. The van der Waals surface area contributed by atoms with E-state index in [1.807, 2.05) is 48.5 Å². The lowest BCUT2D eigenvalue weighted by atomic mass is 9.90. The molecule has 0 aromatic heterocycles. The Labute approximate surface area is 200 Å². The van der Waals surface area contributed by atoms with Gasteiger partial charge in [0.25, 0.3) is 0 Å². The van der Waals surface area contributed by atoms with Crippen molar-refractivity contribution in [1.82, 2.24) is 4.90 Å². The van der Waals surface area contributed by atoms with Crippen molar-refractivity contribution in [2.24, 2.45) is 0 Å². The summed E-state index contributed by atoms with van der Waals surface area (Å²) >= 11 is 0. The highest BCUT2D eigenvalue weighted by molar-refractivity contribution is 5.83. The lowest BCUT2D eigenvalue weighted by Crippen LogP contribution is -2.46. The fourth-order valence-corrected chi connectivity index (χ4v) is 5.03. The van der Waals surface area contributed by atoms with E-state index >= 15 is 0 Å². The minimum Gasteiger partial charge on any atom is -0.489 e. The Morgan fingerprint density at radius 3 is 2.44 bits per heavy atom. The molecule has 1 N–H and O–H groups in total. The average Bonchev–Trinajstić information content (AvgIpc) is 2.89. The molecular weight excluding hydrogens is 422 g/mol. The maximum absolute atomic E-state index is 12.3. The summed E-state index contributed by atoms with van der Waals surface area (Å²) in [7, 11) is 0. The lowest BCUT2D eigenvalue weighted by molar-refractivity contribution is -0.145. The van der Waals surface area contributed by atoms with Crippen LogP contribution < -0.4 is 4.74 Å². The van der Waals surface area contributed by atoms with E-state index in [0.717, 1.165) is 47.2 Å². The number of fused-ring (bicyclic) bond motifs is 1. The summed E-state index contributed by atoms with van der Waals surface area (Å²) in [5.74, 6) is 0.0346. The number of aliphatic carboxylic acids is 1. The SMILES string of the molecule is O=C(O)C1CCCCN1C(c1ccc2ccccc2c1)c1ccccc1OCc1ccccc1. The van der Waals surface area contributed by atoms with Gasteiger partial charge >= 0.3 is 5.97 Å². The van der Waals surface area contributed by atoms with Gasteiger partial charge in [-0.25, -0.2) is 0 Å². The van der Waals surface area contributed by atoms with Gasteiger partial charge in [0.1, 0.15) is 18.4 Å². The third-order valence-corrected chi connectivity index (χ3v) is 6.70. The molecule has 172 valence electrons. The minimum absolute atomic E-state index is 0.210. The van der Waals surface area contributed by atoms with Crippen LogP contribution in [0.15, 0.2) is 97.1 Å². The van der Waals surface area contributed by atoms with Crippen LogP contribution in [0.4, 0.5) is 0 Å². The van der Waals surface area contributed by atoms with Gasteiger partial charge in [0.15, 0.2) is 0 Å². The number of carboxylic acid groups (broad SMARTS) is 1. The number of hydrogen-bond acceptors (Lipinski definition) is 3. The standard InChI is InChI=1S/C30H29NO3/c32-30(33)27-15-8-9-19-31(27)29(25-18-17-23-12-4-5-13-24(23)20-25)26-14-6-7-16-28(26)34-21-22-10-2-1-3-11-22/h1-7,10-14,16-18,20,27,29H,8-9,15,19,21H2,(H,32,33). The van der Waals surface area contributed by atoms with Gasteiger partial charge in [0.05, 0.1) is 6.04 Å². The van der Waals surface area contributed by atoms with Gasteiger partial charge in [-0.05, 0) is 53.4 Å². The molecule has 5 rings (SSSR count). The van der Waals surface area contributed by atoms with Crippen molar-refractivity contribution in [2.75, 3.05) is 6.54 Å². The highest BCUT2D eigenvalue weighted by atomic mass is 16.5. The van der Waals surface area contributed by atoms with Crippen LogP contribution in [0.2, 0.25) is 0 Å². The molecule has 4 aromatic carbocycles. The first-order chi connectivity index (χ1) is 16.7. The van der Waals surface area contributed by atoms with Crippen LogP contribution in [-0.4, -0.2) is 28.6 Å². The molecule has 4 nitrogen and oxygen atoms in total.